The number of rotatable bonds is 7. The smallest absolute Gasteiger partial charge is 0.306 e. The molecule has 0 radical (unpaired) electrons. The van der Waals surface area contributed by atoms with Gasteiger partial charge in [0.15, 0.2) is 0 Å². The standard InChI is InChI=1S/C13H16N2O3/c14-7-4-8-15(10-12(16)9-13(17)18)11-5-2-1-3-6-11/h1-3,5-6,12,16H,4,8-10H2,(H,17,18). The molecule has 0 fully saturated rings. The van der Waals surface area contributed by atoms with E-state index in [2.05, 4.69) is 0 Å². The van der Waals surface area contributed by atoms with Gasteiger partial charge in [0.2, 0.25) is 0 Å². The molecule has 0 aliphatic heterocycles. The van der Waals surface area contributed by atoms with Gasteiger partial charge in [-0.2, -0.15) is 5.26 Å². The lowest BCUT2D eigenvalue weighted by atomic mass is 10.2. The summed E-state index contributed by atoms with van der Waals surface area (Å²) in [7, 11) is 0. The van der Waals surface area contributed by atoms with E-state index in [-0.39, 0.29) is 13.0 Å². The Labute approximate surface area is 106 Å². The average Bonchev–Trinajstić information content (AvgIpc) is 2.34. The highest BCUT2D eigenvalue weighted by atomic mass is 16.4. The number of nitrogens with zero attached hydrogens (tertiary/aromatic N) is 2. The van der Waals surface area contributed by atoms with Gasteiger partial charge in [-0.25, -0.2) is 0 Å². The van der Waals surface area contributed by atoms with Crippen molar-refractivity contribution in [1.82, 2.24) is 0 Å². The molecule has 0 aromatic heterocycles. The van der Waals surface area contributed by atoms with Crippen molar-refractivity contribution in [3.63, 3.8) is 0 Å². The largest absolute Gasteiger partial charge is 0.481 e. The summed E-state index contributed by atoms with van der Waals surface area (Å²) >= 11 is 0. The van der Waals surface area contributed by atoms with Crippen molar-refractivity contribution >= 4 is 11.7 Å². The first-order chi connectivity index (χ1) is 8.63. The molecule has 0 aliphatic rings. The monoisotopic (exact) mass is 248 g/mol. The third-order valence-electron chi connectivity index (χ3n) is 2.46. The van der Waals surface area contributed by atoms with E-state index >= 15 is 0 Å². The first-order valence-corrected chi connectivity index (χ1v) is 5.70. The molecule has 0 heterocycles. The summed E-state index contributed by atoms with van der Waals surface area (Å²) in [4.78, 5) is 12.3. The fourth-order valence-corrected chi connectivity index (χ4v) is 1.67. The molecule has 0 saturated heterocycles. The molecule has 0 saturated carbocycles. The van der Waals surface area contributed by atoms with E-state index in [1.54, 1.807) is 0 Å². The fourth-order valence-electron chi connectivity index (χ4n) is 1.67. The number of carboxylic acids is 1. The van der Waals surface area contributed by atoms with Gasteiger partial charge in [0, 0.05) is 18.8 Å². The predicted molar refractivity (Wildman–Crippen MR) is 67.1 cm³/mol. The van der Waals surface area contributed by atoms with E-state index in [9.17, 15) is 9.90 Å². The Balaban J connectivity index is 2.67. The molecule has 18 heavy (non-hydrogen) atoms. The summed E-state index contributed by atoms with van der Waals surface area (Å²) in [5.41, 5.74) is 0.872. The minimum atomic E-state index is -1.03. The Morgan fingerprint density at radius 3 is 2.61 bits per heavy atom. The molecular formula is C13H16N2O3. The molecule has 1 aromatic carbocycles. The van der Waals surface area contributed by atoms with Crippen LogP contribution in [0, 0.1) is 11.3 Å². The second kappa shape index (κ2) is 7.30. The number of para-hydroxylation sites is 1. The van der Waals surface area contributed by atoms with Crippen LogP contribution in [0.15, 0.2) is 30.3 Å². The van der Waals surface area contributed by atoms with Crippen molar-refractivity contribution in [2.45, 2.75) is 18.9 Å². The maximum Gasteiger partial charge on any atom is 0.306 e. The first-order valence-electron chi connectivity index (χ1n) is 5.70. The van der Waals surface area contributed by atoms with E-state index in [1.165, 1.54) is 0 Å². The number of hydrogen-bond donors (Lipinski definition) is 2. The van der Waals surface area contributed by atoms with E-state index in [1.807, 2.05) is 41.3 Å². The number of nitriles is 1. The van der Waals surface area contributed by atoms with Crippen molar-refractivity contribution in [2.75, 3.05) is 18.0 Å². The van der Waals surface area contributed by atoms with Crippen LogP contribution in [0.4, 0.5) is 5.69 Å². The van der Waals surface area contributed by atoms with Crippen molar-refractivity contribution in [3.8, 4) is 6.07 Å². The zero-order valence-corrected chi connectivity index (χ0v) is 9.99. The Morgan fingerprint density at radius 2 is 2.06 bits per heavy atom. The van der Waals surface area contributed by atoms with Crippen molar-refractivity contribution in [2.24, 2.45) is 0 Å². The lowest BCUT2D eigenvalue weighted by Crippen LogP contribution is -2.34. The Hall–Kier alpha value is -2.06. The van der Waals surface area contributed by atoms with Crippen molar-refractivity contribution in [3.05, 3.63) is 30.3 Å². The summed E-state index contributed by atoms with van der Waals surface area (Å²) < 4.78 is 0. The van der Waals surface area contributed by atoms with Gasteiger partial charge in [-0.05, 0) is 12.1 Å². The summed E-state index contributed by atoms with van der Waals surface area (Å²) in [5.74, 6) is -1.03. The van der Waals surface area contributed by atoms with Crippen LogP contribution in [-0.2, 0) is 4.79 Å². The molecule has 0 amide bonds. The molecule has 0 spiro atoms. The molecule has 2 N–H and O–H groups in total. The predicted octanol–water partition coefficient (Wildman–Crippen LogP) is 1.24. The second-order valence-electron chi connectivity index (χ2n) is 3.94. The Morgan fingerprint density at radius 1 is 1.39 bits per heavy atom. The van der Waals surface area contributed by atoms with Gasteiger partial charge in [-0.15, -0.1) is 0 Å². The van der Waals surface area contributed by atoms with Crippen LogP contribution < -0.4 is 4.90 Å². The number of carboxylic acid groups (broad SMARTS) is 1. The second-order valence-corrected chi connectivity index (χ2v) is 3.94. The number of benzene rings is 1. The van der Waals surface area contributed by atoms with Gasteiger partial charge < -0.3 is 15.1 Å². The highest BCUT2D eigenvalue weighted by Crippen LogP contribution is 2.14. The maximum atomic E-state index is 10.5. The normalized spacial score (nSPS) is 11.6. The maximum absolute atomic E-state index is 10.5. The van der Waals surface area contributed by atoms with Gasteiger partial charge >= 0.3 is 5.97 Å². The Bertz CT molecular complexity index is 414. The zero-order valence-electron chi connectivity index (χ0n) is 9.99. The summed E-state index contributed by atoms with van der Waals surface area (Å²) in [5, 5.41) is 26.9. The minimum absolute atomic E-state index is 0.206. The lowest BCUT2D eigenvalue weighted by molar-refractivity contribution is -0.139. The summed E-state index contributed by atoms with van der Waals surface area (Å²) in [6.45, 7) is 0.676. The molecule has 1 unspecified atom stereocenters. The molecular weight excluding hydrogens is 232 g/mol. The third-order valence-corrected chi connectivity index (χ3v) is 2.46. The van der Waals surface area contributed by atoms with Crippen molar-refractivity contribution in [1.29, 1.82) is 5.26 Å². The highest BCUT2D eigenvalue weighted by Gasteiger charge is 2.14. The van der Waals surface area contributed by atoms with Gasteiger partial charge in [0.1, 0.15) is 0 Å². The van der Waals surface area contributed by atoms with E-state index in [4.69, 9.17) is 10.4 Å². The van der Waals surface area contributed by atoms with Gasteiger partial charge in [-0.1, -0.05) is 18.2 Å². The number of aliphatic hydroxyl groups excluding tert-OH is 1. The van der Waals surface area contributed by atoms with E-state index < -0.39 is 12.1 Å². The fraction of sp³-hybridized carbons (Fsp3) is 0.385. The van der Waals surface area contributed by atoms with Crippen LogP contribution in [0.5, 0.6) is 0 Å². The quantitative estimate of drug-likeness (QED) is 0.758. The molecule has 0 bridgehead atoms. The van der Waals surface area contributed by atoms with Crippen LogP contribution in [0.3, 0.4) is 0 Å². The van der Waals surface area contributed by atoms with Crippen LogP contribution in [0.1, 0.15) is 12.8 Å². The molecule has 5 nitrogen and oxygen atoms in total. The van der Waals surface area contributed by atoms with E-state index in [0.717, 1.165) is 5.69 Å². The molecule has 1 rings (SSSR count). The first kappa shape index (κ1) is 14.0. The minimum Gasteiger partial charge on any atom is -0.481 e. The average molecular weight is 248 g/mol. The zero-order chi connectivity index (χ0) is 13.4. The number of anilines is 1. The van der Waals surface area contributed by atoms with Gasteiger partial charge in [0.25, 0.3) is 0 Å². The summed E-state index contributed by atoms with van der Waals surface area (Å²) in [6, 6.07) is 11.4. The molecule has 1 atom stereocenters. The molecule has 1 aromatic rings. The number of carbonyl (C=O) groups is 1. The van der Waals surface area contributed by atoms with Gasteiger partial charge in [0.05, 0.1) is 25.0 Å². The number of hydrogen-bond acceptors (Lipinski definition) is 4. The highest BCUT2D eigenvalue weighted by molar-refractivity contribution is 5.67. The van der Waals surface area contributed by atoms with Crippen LogP contribution in [0.2, 0.25) is 0 Å². The number of aliphatic hydroxyl groups is 1. The Kier molecular flexibility index (Phi) is 5.68. The summed E-state index contributed by atoms with van der Waals surface area (Å²) in [6.07, 6.45) is -0.911. The topological polar surface area (TPSA) is 84.6 Å². The van der Waals surface area contributed by atoms with Gasteiger partial charge in [-0.3, -0.25) is 4.79 Å². The van der Waals surface area contributed by atoms with Crippen LogP contribution in [0.25, 0.3) is 0 Å². The molecule has 96 valence electrons. The van der Waals surface area contributed by atoms with E-state index in [0.29, 0.717) is 13.0 Å². The van der Waals surface area contributed by atoms with Crippen LogP contribution in [-0.4, -0.2) is 35.4 Å². The van der Waals surface area contributed by atoms with Crippen molar-refractivity contribution < 1.29 is 15.0 Å². The lowest BCUT2D eigenvalue weighted by Gasteiger charge is -2.26. The van der Waals surface area contributed by atoms with Crippen LogP contribution >= 0.6 is 0 Å². The molecule has 0 aliphatic carbocycles. The number of aliphatic carboxylic acids is 1. The SMILES string of the molecule is N#CCCN(CC(O)CC(=O)O)c1ccccc1. The third kappa shape index (κ3) is 4.85. The molecule has 5 heteroatoms.